The number of aliphatic carboxylic acids is 1. The maximum absolute atomic E-state index is 12.6. The van der Waals surface area contributed by atoms with Gasteiger partial charge in [0.2, 0.25) is 5.91 Å². The molecule has 28 heavy (non-hydrogen) atoms. The number of rotatable bonds is 6. The molecular formula is C22H24ClNO4. The Morgan fingerprint density at radius 3 is 2.57 bits per heavy atom. The Morgan fingerprint density at radius 2 is 1.89 bits per heavy atom. The van der Waals surface area contributed by atoms with E-state index in [1.165, 1.54) is 0 Å². The predicted molar refractivity (Wildman–Crippen MR) is 108 cm³/mol. The monoisotopic (exact) mass is 401 g/mol. The van der Waals surface area contributed by atoms with Crippen LogP contribution >= 0.6 is 11.6 Å². The van der Waals surface area contributed by atoms with Gasteiger partial charge in [0, 0.05) is 5.69 Å². The molecule has 0 heterocycles. The second kappa shape index (κ2) is 9.11. The van der Waals surface area contributed by atoms with Crippen molar-refractivity contribution >= 4 is 29.2 Å². The second-order valence-corrected chi connectivity index (χ2v) is 7.79. The van der Waals surface area contributed by atoms with Crippen molar-refractivity contribution in [1.29, 1.82) is 0 Å². The molecule has 5 nitrogen and oxygen atoms in total. The molecule has 3 rings (SSSR count). The first kappa shape index (κ1) is 20.2. The van der Waals surface area contributed by atoms with Gasteiger partial charge < -0.3 is 15.2 Å². The van der Waals surface area contributed by atoms with Crippen LogP contribution in [0.25, 0.3) is 0 Å². The highest BCUT2D eigenvalue weighted by molar-refractivity contribution is 6.32. The third-order valence-electron chi connectivity index (χ3n) is 5.20. The van der Waals surface area contributed by atoms with E-state index in [1.807, 2.05) is 37.3 Å². The van der Waals surface area contributed by atoms with Gasteiger partial charge in [0.05, 0.1) is 16.9 Å². The molecule has 3 atom stereocenters. The summed E-state index contributed by atoms with van der Waals surface area (Å²) in [5.41, 5.74) is 1.56. The van der Waals surface area contributed by atoms with Crippen molar-refractivity contribution in [2.75, 3.05) is 5.32 Å². The van der Waals surface area contributed by atoms with Crippen LogP contribution in [0, 0.1) is 17.8 Å². The van der Waals surface area contributed by atoms with Crippen molar-refractivity contribution in [2.45, 2.75) is 32.8 Å². The fraction of sp³-hybridized carbons (Fsp3) is 0.364. The largest absolute Gasteiger partial charge is 0.487 e. The lowest BCUT2D eigenvalue weighted by molar-refractivity contribution is -0.148. The molecule has 148 valence electrons. The molecule has 3 unspecified atom stereocenters. The van der Waals surface area contributed by atoms with E-state index in [9.17, 15) is 14.7 Å². The fourth-order valence-electron chi connectivity index (χ4n) is 3.63. The van der Waals surface area contributed by atoms with Gasteiger partial charge in [0.25, 0.3) is 0 Å². The number of carboxylic acid groups (broad SMARTS) is 1. The lowest BCUT2D eigenvalue weighted by Crippen LogP contribution is -2.38. The van der Waals surface area contributed by atoms with Crippen LogP contribution in [0.1, 0.15) is 31.7 Å². The summed E-state index contributed by atoms with van der Waals surface area (Å²) >= 11 is 6.29. The van der Waals surface area contributed by atoms with Crippen molar-refractivity contribution in [3.63, 3.8) is 0 Å². The molecule has 1 fully saturated rings. The molecule has 0 bridgehead atoms. The number of carbonyl (C=O) groups is 2. The first-order valence-corrected chi connectivity index (χ1v) is 9.81. The van der Waals surface area contributed by atoms with E-state index < -0.39 is 17.8 Å². The summed E-state index contributed by atoms with van der Waals surface area (Å²) < 4.78 is 5.74. The summed E-state index contributed by atoms with van der Waals surface area (Å²) in [7, 11) is 0. The maximum atomic E-state index is 12.6. The van der Waals surface area contributed by atoms with E-state index in [2.05, 4.69) is 5.32 Å². The number of ether oxygens (including phenoxy) is 1. The molecule has 2 N–H and O–H groups in total. The fourth-order valence-corrected chi connectivity index (χ4v) is 3.87. The van der Waals surface area contributed by atoms with E-state index in [0.29, 0.717) is 41.8 Å². The lowest BCUT2D eigenvalue weighted by Gasteiger charge is -2.31. The van der Waals surface area contributed by atoms with Crippen LogP contribution in [0.3, 0.4) is 0 Å². The van der Waals surface area contributed by atoms with Crippen LogP contribution in [-0.4, -0.2) is 17.0 Å². The van der Waals surface area contributed by atoms with Gasteiger partial charge in [-0.1, -0.05) is 48.9 Å². The molecule has 2 aromatic carbocycles. The number of nitrogens with one attached hydrogen (secondary N) is 1. The van der Waals surface area contributed by atoms with E-state index in [-0.39, 0.29) is 5.91 Å². The molecule has 6 heteroatoms. The Hall–Kier alpha value is -2.53. The normalized spacial score (nSPS) is 21.7. The van der Waals surface area contributed by atoms with Gasteiger partial charge in [-0.25, -0.2) is 0 Å². The Kier molecular flexibility index (Phi) is 6.57. The summed E-state index contributed by atoms with van der Waals surface area (Å²) in [6.45, 7) is 2.42. The zero-order valence-electron chi connectivity index (χ0n) is 15.7. The molecule has 0 saturated heterocycles. The van der Waals surface area contributed by atoms with Gasteiger partial charge in [0.15, 0.2) is 0 Å². The van der Waals surface area contributed by atoms with Crippen LogP contribution in [0.15, 0.2) is 48.5 Å². The zero-order chi connectivity index (χ0) is 20.1. The quantitative estimate of drug-likeness (QED) is 0.714. The summed E-state index contributed by atoms with van der Waals surface area (Å²) in [5.74, 6) is -1.50. The molecule has 1 aliphatic carbocycles. The number of amides is 1. The van der Waals surface area contributed by atoms with Crippen LogP contribution in [0.2, 0.25) is 5.02 Å². The molecule has 1 amide bonds. The van der Waals surface area contributed by atoms with Gasteiger partial charge in [-0.2, -0.15) is 0 Å². The van der Waals surface area contributed by atoms with Crippen LogP contribution in [0.4, 0.5) is 5.69 Å². The second-order valence-electron chi connectivity index (χ2n) is 7.38. The highest BCUT2D eigenvalue weighted by Gasteiger charge is 2.38. The van der Waals surface area contributed by atoms with Crippen molar-refractivity contribution in [3.05, 3.63) is 59.1 Å². The number of halogens is 1. The first-order chi connectivity index (χ1) is 13.4. The lowest BCUT2D eigenvalue weighted by atomic mass is 9.74. The van der Waals surface area contributed by atoms with E-state index in [4.69, 9.17) is 16.3 Å². The van der Waals surface area contributed by atoms with E-state index in [1.54, 1.807) is 18.2 Å². The number of carbonyl (C=O) groups excluding carboxylic acids is 1. The highest BCUT2D eigenvalue weighted by Crippen LogP contribution is 2.35. The van der Waals surface area contributed by atoms with Crippen LogP contribution in [0.5, 0.6) is 5.75 Å². The molecular weight excluding hydrogens is 378 g/mol. The molecule has 0 aliphatic heterocycles. The average Bonchev–Trinajstić information content (AvgIpc) is 2.68. The number of anilines is 1. The molecule has 2 aromatic rings. The maximum Gasteiger partial charge on any atom is 0.307 e. The molecule has 0 radical (unpaired) electrons. The van der Waals surface area contributed by atoms with Gasteiger partial charge in [-0.3, -0.25) is 9.59 Å². The number of benzene rings is 2. The van der Waals surface area contributed by atoms with Gasteiger partial charge in [-0.15, -0.1) is 0 Å². The van der Waals surface area contributed by atoms with Crippen LogP contribution < -0.4 is 10.1 Å². The van der Waals surface area contributed by atoms with E-state index in [0.717, 1.165) is 12.0 Å². The number of hydrogen-bond acceptors (Lipinski definition) is 3. The number of carboxylic acids is 1. The van der Waals surface area contributed by atoms with Gasteiger partial charge >= 0.3 is 5.97 Å². The van der Waals surface area contributed by atoms with Crippen molar-refractivity contribution in [1.82, 2.24) is 0 Å². The van der Waals surface area contributed by atoms with Crippen LogP contribution in [-0.2, 0) is 16.2 Å². The van der Waals surface area contributed by atoms with Crippen molar-refractivity contribution < 1.29 is 19.4 Å². The molecule has 1 aliphatic rings. The highest BCUT2D eigenvalue weighted by atomic mass is 35.5. The standard InChI is InChI=1S/C22H24ClNO4/c1-14-7-9-17(18(11-14)22(26)27)21(25)24-16-8-10-20(19(23)12-16)28-13-15-5-3-2-4-6-15/h2-6,8,10,12,14,17-18H,7,9,11,13H2,1H3,(H,24,25)(H,26,27). The summed E-state index contributed by atoms with van der Waals surface area (Å²) in [6.07, 6.45) is 1.96. The topological polar surface area (TPSA) is 75.6 Å². The molecule has 1 saturated carbocycles. The van der Waals surface area contributed by atoms with Gasteiger partial charge in [0.1, 0.15) is 12.4 Å². The van der Waals surface area contributed by atoms with Gasteiger partial charge in [-0.05, 0) is 48.9 Å². The minimum atomic E-state index is -0.908. The first-order valence-electron chi connectivity index (χ1n) is 9.44. The summed E-state index contributed by atoms with van der Waals surface area (Å²) in [5, 5.41) is 12.7. The third-order valence-corrected chi connectivity index (χ3v) is 5.50. The Labute approximate surface area is 169 Å². The third kappa shape index (κ3) is 5.04. The Balaban J connectivity index is 1.63. The SMILES string of the molecule is CC1CCC(C(=O)Nc2ccc(OCc3ccccc3)c(Cl)c2)C(C(=O)O)C1. The Morgan fingerprint density at radius 1 is 1.14 bits per heavy atom. The zero-order valence-corrected chi connectivity index (χ0v) is 16.5. The predicted octanol–water partition coefficient (Wildman–Crippen LogP) is 4.99. The van der Waals surface area contributed by atoms with E-state index >= 15 is 0 Å². The molecule has 0 aromatic heterocycles. The summed E-state index contributed by atoms with van der Waals surface area (Å²) in [6, 6.07) is 14.8. The molecule has 0 spiro atoms. The van der Waals surface area contributed by atoms with Crippen molar-refractivity contribution in [2.24, 2.45) is 17.8 Å². The average molecular weight is 402 g/mol. The summed E-state index contributed by atoms with van der Waals surface area (Å²) in [4.78, 5) is 24.2. The smallest absolute Gasteiger partial charge is 0.307 e. The number of hydrogen-bond donors (Lipinski definition) is 2. The Bertz CT molecular complexity index is 840. The minimum Gasteiger partial charge on any atom is -0.487 e. The van der Waals surface area contributed by atoms with Crippen molar-refractivity contribution in [3.8, 4) is 5.75 Å². The minimum absolute atomic E-state index is 0.270.